The molecule has 2 N–H and O–H groups in total. The minimum absolute atomic E-state index is 0.298. The van der Waals surface area contributed by atoms with Crippen molar-refractivity contribution in [2.75, 3.05) is 6.54 Å². The molecule has 0 aromatic heterocycles. The summed E-state index contributed by atoms with van der Waals surface area (Å²) >= 11 is 0. The highest BCUT2D eigenvalue weighted by Gasteiger charge is 2.16. The molecule has 0 aliphatic rings. The lowest BCUT2D eigenvalue weighted by Crippen LogP contribution is -2.16. The maximum absolute atomic E-state index is 6.01. The predicted molar refractivity (Wildman–Crippen MR) is 78.0 cm³/mol. The zero-order valence-corrected chi connectivity index (χ0v) is 11.4. The molecule has 0 heterocycles. The number of aryl methyl sites for hydroxylation is 3. The van der Waals surface area contributed by atoms with Crippen LogP contribution in [0.15, 0.2) is 42.5 Å². The van der Waals surface area contributed by atoms with E-state index in [4.69, 9.17) is 5.73 Å². The molecule has 0 radical (unpaired) electrons. The van der Waals surface area contributed by atoms with Crippen molar-refractivity contribution in [2.24, 2.45) is 5.73 Å². The van der Waals surface area contributed by atoms with Crippen LogP contribution >= 0.6 is 0 Å². The number of hydrogen-bond donors (Lipinski definition) is 1. The SMILES string of the molecule is Cc1ccc(C(CN)c2c(C)cccc2C)cc1. The first-order chi connectivity index (χ1) is 8.63. The van der Waals surface area contributed by atoms with E-state index in [0.29, 0.717) is 12.5 Å². The quantitative estimate of drug-likeness (QED) is 0.868. The van der Waals surface area contributed by atoms with Crippen molar-refractivity contribution < 1.29 is 0 Å². The molecule has 0 aliphatic carbocycles. The molecular weight excluding hydrogens is 218 g/mol. The Morgan fingerprint density at radius 3 is 1.94 bits per heavy atom. The van der Waals surface area contributed by atoms with Crippen LogP contribution in [-0.4, -0.2) is 6.54 Å². The Balaban J connectivity index is 2.48. The van der Waals surface area contributed by atoms with Crippen LogP contribution < -0.4 is 5.73 Å². The first-order valence-electron chi connectivity index (χ1n) is 6.46. The normalized spacial score (nSPS) is 12.4. The molecule has 2 aromatic carbocycles. The lowest BCUT2D eigenvalue weighted by Gasteiger charge is -2.20. The Morgan fingerprint density at radius 2 is 1.44 bits per heavy atom. The molecule has 0 aliphatic heterocycles. The zero-order valence-electron chi connectivity index (χ0n) is 11.4. The molecule has 1 nitrogen and oxygen atoms in total. The van der Waals surface area contributed by atoms with Crippen molar-refractivity contribution in [3.63, 3.8) is 0 Å². The predicted octanol–water partition coefficient (Wildman–Crippen LogP) is 3.70. The maximum atomic E-state index is 6.01. The minimum atomic E-state index is 0.298. The molecule has 2 rings (SSSR count). The fourth-order valence-electron chi connectivity index (χ4n) is 2.60. The van der Waals surface area contributed by atoms with E-state index in [1.807, 2.05) is 0 Å². The van der Waals surface area contributed by atoms with Crippen LogP contribution in [0.3, 0.4) is 0 Å². The Bertz CT molecular complexity index is 506. The fourth-order valence-corrected chi connectivity index (χ4v) is 2.60. The van der Waals surface area contributed by atoms with Crippen molar-refractivity contribution in [1.82, 2.24) is 0 Å². The van der Waals surface area contributed by atoms with Crippen LogP contribution in [0.1, 0.15) is 33.7 Å². The van der Waals surface area contributed by atoms with Crippen LogP contribution in [0, 0.1) is 20.8 Å². The highest BCUT2D eigenvalue weighted by Crippen LogP contribution is 2.29. The average molecular weight is 239 g/mol. The van der Waals surface area contributed by atoms with Crippen molar-refractivity contribution >= 4 is 0 Å². The van der Waals surface area contributed by atoms with Gasteiger partial charge < -0.3 is 5.73 Å². The van der Waals surface area contributed by atoms with Crippen molar-refractivity contribution in [2.45, 2.75) is 26.7 Å². The molecule has 0 saturated heterocycles. The summed E-state index contributed by atoms with van der Waals surface area (Å²) in [5, 5.41) is 0. The molecule has 1 atom stereocenters. The largest absolute Gasteiger partial charge is 0.330 e. The molecule has 0 saturated carbocycles. The Labute approximate surface area is 110 Å². The van der Waals surface area contributed by atoms with Gasteiger partial charge in [-0.15, -0.1) is 0 Å². The maximum Gasteiger partial charge on any atom is 0.0217 e. The smallest absolute Gasteiger partial charge is 0.0217 e. The number of benzene rings is 2. The van der Waals surface area contributed by atoms with E-state index in [-0.39, 0.29) is 0 Å². The van der Waals surface area contributed by atoms with Gasteiger partial charge in [-0.25, -0.2) is 0 Å². The lowest BCUT2D eigenvalue weighted by molar-refractivity contribution is 0.804. The van der Waals surface area contributed by atoms with Gasteiger partial charge in [0.1, 0.15) is 0 Å². The monoisotopic (exact) mass is 239 g/mol. The molecule has 0 spiro atoms. The standard InChI is InChI=1S/C17H21N/c1-12-7-9-15(10-8-12)16(11-18)17-13(2)5-4-6-14(17)3/h4-10,16H,11,18H2,1-3H3. The van der Waals surface area contributed by atoms with Crippen molar-refractivity contribution in [3.05, 3.63) is 70.3 Å². The number of nitrogens with two attached hydrogens (primary N) is 1. The molecule has 1 heteroatoms. The highest BCUT2D eigenvalue weighted by atomic mass is 14.6. The summed E-state index contributed by atoms with van der Waals surface area (Å²) in [5.41, 5.74) is 12.6. The number of rotatable bonds is 3. The van der Waals surface area contributed by atoms with Crippen LogP contribution in [0.5, 0.6) is 0 Å². The minimum Gasteiger partial charge on any atom is -0.330 e. The van der Waals surface area contributed by atoms with E-state index in [0.717, 1.165) is 0 Å². The van der Waals surface area contributed by atoms with Crippen molar-refractivity contribution in [3.8, 4) is 0 Å². The van der Waals surface area contributed by atoms with Crippen LogP contribution in [0.25, 0.3) is 0 Å². The molecule has 18 heavy (non-hydrogen) atoms. The van der Waals surface area contributed by atoms with Gasteiger partial charge in [-0.3, -0.25) is 0 Å². The summed E-state index contributed by atoms with van der Waals surface area (Å²) < 4.78 is 0. The molecule has 94 valence electrons. The molecule has 0 amide bonds. The zero-order chi connectivity index (χ0) is 13.1. The third kappa shape index (κ3) is 2.46. The molecule has 2 aromatic rings. The van der Waals surface area contributed by atoms with Gasteiger partial charge in [-0.2, -0.15) is 0 Å². The summed E-state index contributed by atoms with van der Waals surface area (Å²) in [7, 11) is 0. The summed E-state index contributed by atoms with van der Waals surface area (Å²) in [6, 6.07) is 15.1. The summed E-state index contributed by atoms with van der Waals surface area (Å²) in [4.78, 5) is 0. The van der Waals surface area contributed by atoms with Gasteiger partial charge in [0.2, 0.25) is 0 Å². The molecule has 0 fully saturated rings. The second kappa shape index (κ2) is 5.36. The van der Waals surface area contributed by atoms with E-state index < -0.39 is 0 Å². The Morgan fingerprint density at radius 1 is 0.889 bits per heavy atom. The third-order valence-electron chi connectivity index (χ3n) is 3.61. The molecular formula is C17H21N. The second-order valence-corrected chi connectivity index (χ2v) is 5.00. The van der Waals surface area contributed by atoms with Crippen LogP contribution in [0.2, 0.25) is 0 Å². The van der Waals surface area contributed by atoms with E-state index in [1.165, 1.54) is 27.8 Å². The molecule has 0 bridgehead atoms. The summed E-state index contributed by atoms with van der Waals surface area (Å²) in [6.07, 6.45) is 0. The van der Waals surface area contributed by atoms with Crippen LogP contribution in [-0.2, 0) is 0 Å². The summed E-state index contributed by atoms with van der Waals surface area (Å²) in [6.45, 7) is 7.09. The van der Waals surface area contributed by atoms with E-state index in [2.05, 4.69) is 63.2 Å². The molecule has 1 unspecified atom stereocenters. The lowest BCUT2D eigenvalue weighted by atomic mass is 9.85. The van der Waals surface area contributed by atoms with Crippen molar-refractivity contribution in [1.29, 1.82) is 0 Å². The van der Waals surface area contributed by atoms with Gasteiger partial charge >= 0.3 is 0 Å². The van der Waals surface area contributed by atoms with Gasteiger partial charge in [0.05, 0.1) is 0 Å². The van der Waals surface area contributed by atoms with E-state index in [9.17, 15) is 0 Å². The first kappa shape index (κ1) is 12.8. The van der Waals surface area contributed by atoms with Gasteiger partial charge in [0.15, 0.2) is 0 Å². The first-order valence-corrected chi connectivity index (χ1v) is 6.46. The summed E-state index contributed by atoms with van der Waals surface area (Å²) in [5.74, 6) is 0.298. The van der Waals surface area contributed by atoms with Crippen LogP contribution in [0.4, 0.5) is 0 Å². The van der Waals surface area contributed by atoms with E-state index >= 15 is 0 Å². The Kier molecular flexibility index (Phi) is 3.83. The topological polar surface area (TPSA) is 26.0 Å². The Hall–Kier alpha value is -1.60. The van der Waals surface area contributed by atoms with Gasteiger partial charge in [-0.1, -0.05) is 48.0 Å². The van der Waals surface area contributed by atoms with Gasteiger partial charge in [0.25, 0.3) is 0 Å². The second-order valence-electron chi connectivity index (χ2n) is 5.00. The van der Waals surface area contributed by atoms with E-state index in [1.54, 1.807) is 0 Å². The number of hydrogen-bond acceptors (Lipinski definition) is 1. The van der Waals surface area contributed by atoms with Gasteiger partial charge in [-0.05, 0) is 43.0 Å². The fraction of sp³-hybridized carbons (Fsp3) is 0.294. The highest BCUT2D eigenvalue weighted by molar-refractivity contribution is 5.43. The van der Waals surface area contributed by atoms with Gasteiger partial charge in [0, 0.05) is 12.5 Å². The average Bonchev–Trinajstić information content (AvgIpc) is 2.35. The third-order valence-corrected chi connectivity index (χ3v) is 3.61.